The van der Waals surface area contributed by atoms with Crippen molar-refractivity contribution in [3.8, 4) is 11.1 Å². The van der Waals surface area contributed by atoms with Crippen molar-refractivity contribution in [3.63, 3.8) is 0 Å². The minimum absolute atomic E-state index is 0.105. The molecule has 292 valence electrons. The molecule has 0 aliphatic carbocycles. The average Bonchev–Trinajstić information content (AvgIpc) is 3.99. The molecule has 3 amide bonds. The number of hydrogen-bond donors (Lipinski definition) is 3. The Morgan fingerprint density at radius 1 is 0.857 bits per heavy atom. The number of thioether (sulfide) groups is 1. The molecule has 6 aromatic rings. The van der Waals surface area contributed by atoms with Crippen molar-refractivity contribution in [1.82, 2.24) is 35.1 Å². The number of carbonyl (C=O) groups is 3. The van der Waals surface area contributed by atoms with E-state index in [0.29, 0.717) is 18.3 Å². The minimum Gasteiger partial charge on any atom is -0.453 e. The predicted molar refractivity (Wildman–Crippen MR) is 222 cm³/mol. The first-order valence-corrected chi connectivity index (χ1v) is 20.6. The third-order valence-electron chi connectivity index (χ3n) is 11.1. The van der Waals surface area contributed by atoms with E-state index in [1.807, 2.05) is 44.4 Å². The number of rotatable bonds is 7. The molecule has 3 N–H and O–H groups in total. The number of fused-ring (bicyclic) bond motifs is 6. The number of methoxy groups -OCH3 is 1. The quantitative estimate of drug-likeness (QED) is 0.146. The number of nitrogens with one attached hydrogen (secondary N) is 3. The number of nitrogens with zero attached hydrogens (tertiary/aromatic N) is 4. The van der Waals surface area contributed by atoms with E-state index in [0.717, 1.165) is 85.6 Å². The predicted octanol–water partition coefficient (Wildman–Crippen LogP) is 8.87. The van der Waals surface area contributed by atoms with Crippen LogP contribution in [0.4, 0.5) is 9.59 Å². The fourth-order valence-corrected chi connectivity index (χ4v) is 8.94. The summed E-state index contributed by atoms with van der Waals surface area (Å²) >= 11 is 1.77. The molecule has 13 heteroatoms. The van der Waals surface area contributed by atoms with Crippen LogP contribution < -0.4 is 5.32 Å². The normalized spacial score (nSPS) is 19.5. The number of likely N-dealkylation sites (tertiary alicyclic amines) is 2. The molecule has 0 radical (unpaired) electrons. The van der Waals surface area contributed by atoms with Gasteiger partial charge in [0.05, 0.1) is 41.3 Å². The van der Waals surface area contributed by atoms with Crippen molar-refractivity contribution >= 4 is 73.5 Å². The van der Waals surface area contributed by atoms with Crippen LogP contribution in [-0.4, -0.2) is 91.2 Å². The summed E-state index contributed by atoms with van der Waals surface area (Å²) in [5, 5.41) is 7.25. The first-order valence-electron chi connectivity index (χ1n) is 19.3. The van der Waals surface area contributed by atoms with Gasteiger partial charge in [-0.15, -0.1) is 0 Å². The molecule has 0 unspecified atom stereocenters. The summed E-state index contributed by atoms with van der Waals surface area (Å²) in [5.41, 5.74) is 5.20. The Hall–Kier alpha value is -5.30. The highest BCUT2D eigenvalue weighted by molar-refractivity contribution is 7.99. The molecular weight excluding hydrogens is 727 g/mol. The molecule has 56 heavy (non-hydrogen) atoms. The smallest absolute Gasteiger partial charge is 0.410 e. The van der Waals surface area contributed by atoms with Crippen molar-refractivity contribution in [2.75, 3.05) is 26.5 Å². The molecule has 4 atom stereocenters. The van der Waals surface area contributed by atoms with Crippen LogP contribution in [0.2, 0.25) is 0 Å². The highest BCUT2D eigenvalue weighted by atomic mass is 32.2. The maximum absolute atomic E-state index is 13.7. The van der Waals surface area contributed by atoms with Crippen molar-refractivity contribution < 1.29 is 23.9 Å². The second-order valence-corrected chi connectivity index (χ2v) is 17.5. The number of alkyl carbamates (subject to hydrolysis) is 1. The lowest BCUT2D eigenvalue weighted by atomic mass is 9.98. The Kier molecular flexibility index (Phi) is 9.84. The molecule has 4 heterocycles. The van der Waals surface area contributed by atoms with Gasteiger partial charge in [0.1, 0.15) is 23.3 Å². The SMILES string of the molecule is COC(=O)N[C@H](C(=O)N1CCC[C@H]1c1nc2c(ccc3cc(-c4ccc5c(ccc6[nH]c([C@@H]7C[C@H](SC)CN7C(=O)OC(C)(C)C)nc65)c4)ccc32)[nH]1)C(C)C. The van der Waals surface area contributed by atoms with Gasteiger partial charge in [-0.05, 0) is 98.4 Å². The van der Waals surface area contributed by atoms with Gasteiger partial charge < -0.3 is 29.7 Å². The Balaban J connectivity index is 1.06. The summed E-state index contributed by atoms with van der Waals surface area (Å²) in [6.07, 6.45) is 3.61. The third kappa shape index (κ3) is 7.01. The Bertz CT molecular complexity index is 2490. The fourth-order valence-electron chi connectivity index (χ4n) is 8.26. The molecule has 2 fully saturated rings. The van der Waals surface area contributed by atoms with E-state index in [-0.39, 0.29) is 30.0 Å². The molecule has 2 aliphatic heterocycles. The Morgan fingerprint density at radius 2 is 1.45 bits per heavy atom. The van der Waals surface area contributed by atoms with Gasteiger partial charge >= 0.3 is 12.2 Å². The van der Waals surface area contributed by atoms with E-state index in [1.165, 1.54) is 7.11 Å². The molecule has 8 rings (SSSR count). The van der Waals surface area contributed by atoms with Gasteiger partial charge in [-0.2, -0.15) is 11.8 Å². The minimum atomic E-state index is -0.689. The third-order valence-corrected chi connectivity index (χ3v) is 12.1. The van der Waals surface area contributed by atoms with Crippen molar-refractivity contribution in [1.29, 1.82) is 0 Å². The van der Waals surface area contributed by atoms with Gasteiger partial charge in [0.15, 0.2) is 0 Å². The van der Waals surface area contributed by atoms with Crippen molar-refractivity contribution in [2.45, 2.75) is 82.9 Å². The van der Waals surface area contributed by atoms with Crippen molar-refractivity contribution in [3.05, 3.63) is 72.3 Å². The molecule has 2 saturated heterocycles. The van der Waals surface area contributed by atoms with Crippen LogP contribution in [0.1, 0.15) is 77.6 Å². The summed E-state index contributed by atoms with van der Waals surface area (Å²) < 4.78 is 10.6. The van der Waals surface area contributed by atoms with Gasteiger partial charge in [-0.1, -0.05) is 50.2 Å². The lowest BCUT2D eigenvalue weighted by Gasteiger charge is -2.29. The Morgan fingerprint density at radius 3 is 1.98 bits per heavy atom. The first-order chi connectivity index (χ1) is 26.8. The van der Waals surface area contributed by atoms with Gasteiger partial charge in [-0.3, -0.25) is 9.69 Å². The summed E-state index contributed by atoms with van der Waals surface area (Å²) in [6, 6.07) is 20.2. The van der Waals surface area contributed by atoms with Crippen LogP contribution in [0, 0.1) is 5.92 Å². The van der Waals surface area contributed by atoms with E-state index in [9.17, 15) is 14.4 Å². The molecule has 0 saturated carbocycles. The number of hydrogen-bond acceptors (Lipinski definition) is 8. The number of aromatic nitrogens is 4. The van der Waals surface area contributed by atoms with Gasteiger partial charge in [-0.25, -0.2) is 19.6 Å². The summed E-state index contributed by atoms with van der Waals surface area (Å²) in [5.74, 6) is 1.30. The highest BCUT2D eigenvalue weighted by Gasteiger charge is 2.40. The number of ether oxygens (including phenoxy) is 2. The van der Waals surface area contributed by atoms with Crippen LogP contribution in [0.3, 0.4) is 0 Å². The molecular formula is C43H49N7O5S. The first kappa shape index (κ1) is 37.6. The number of imidazole rings is 2. The van der Waals surface area contributed by atoms with Gasteiger partial charge in [0.2, 0.25) is 5.91 Å². The largest absolute Gasteiger partial charge is 0.453 e. The zero-order chi connectivity index (χ0) is 39.5. The molecule has 0 spiro atoms. The second kappa shape index (κ2) is 14.6. The zero-order valence-electron chi connectivity index (χ0n) is 32.9. The number of carbonyl (C=O) groups excluding carboxylic acids is 3. The van der Waals surface area contributed by atoms with E-state index >= 15 is 0 Å². The van der Waals surface area contributed by atoms with Crippen molar-refractivity contribution in [2.24, 2.45) is 5.92 Å². The number of amides is 3. The topological polar surface area (TPSA) is 146 Å². The number of H-pyrrole nitrogens is 2. The van der Waals surface area contributed by atoms with E-state index in [1.54, 1.807) is 11.8 Å². The highest BCUT2D eigenvalue weighted by Crippen LogP contribution is 2.39. The standard InChI is InChI=1S/C43H49N7O5S/c1-23(2)35(48-41(52)54-6)40(51)49-18-8-9-33(49)38-44-31-16-12-26-19-24(10-14-29(26)36(31)46-38)25-11-15-30-27(20-25)13-17-32-37(30)47-39(45-32)34-21-28(56-7)22-50(34)42(53)55-43(3,4)5/h10-17,19-20,23,28,33-35H,8-9,18,21-22H2,1-7H3,(H,44,46)(H,45,47)(H,48,52)/t28-,33-,34-,35-/m0/s1. The summed E-state index contributed by atoms with van der Waals surface area (Å²) in [6.45, 7) is 10.7. The van der Waals surface area contributed by atoms with E-state index < -0.39 is 17.7 Å². The van der Waals surface area contributed by atoms with E-state index in [4.69, 9.17) is 19.4 Å². The van der Waals surface area contributed by atoms with Gasteiger partial charge in [0.25, 0.3) is 0 Å². The average molecular weight is 776 g/mol. The monoisotopic (exact) mass is 775 g/mol. The van der Waals surface area contributed by atoms with Crippen LogP contribution in [0.5, 0.6) is 0 Å². The van der Waals surface area contributed by atoms with Crippen LogP contribution in [0.25, 0.3) is 54.7 Å². The summed E-state index contributed by atoms with van der Waals surface area (Å²) in [4.78, 5) is 59.9. The lowest BCUT2D eigenvalue weighted by molar-refractivity contribution is -0.135. The van der Waals surface area contributed by atoms with Gasteiger partial charge in [0, 0.05) is 29.1 Å². The maximum atomic E-state index is 13.7. The number of benzene rings is 4. The second-order valence-electron chi connectivity index (χ2n) is 16.3. The molecule has 0 bridgehead atoms. The Labute approximate surface area is 330 Å². The van der Waals surface area contributed by atoms with Crippen LogP contribution in [-0.2, 0) is 14.3 Å². The summed E-state index contributed by atoms with van der Waals surface area (Å²) in [7, 11) is 1.30. The zero-order valence-corrected chi connectivity index (χ0v) is 33.8. The maximum Gasteiger partial charge on any atom is 0.410 e. The van der Waals surface area contributed by atoms with Crippen LogP contribution >= 0.6 is 11.8 Å². The molecule has 2 aromatic heterocycles. The molecule has 2 aliphatic rings. The molecule has 12 nitrogen and oxygen atoms in total. The lowest BCUT2D eigenvalue weighted by Crippen LogP contribution is -2.51. The van der Waals surface area contributed by atoms with E-state index in [2.05, 4.69) is 82.2 Å². The van der Waals surface area contributed by atoms with Crippen LogP contribution in [0.15, 0.2) is 60.7 Å². The molecule has 4 aromatic carbocycles. The fraction of sp³-hybridized carbons (Fsp3) is 0.419. The number of aromatic amines is 2.